The van der Waals surface area contributed by atoms with E-state index < -0.39 is 11.7 Å². The zero-order valence-electron chi connectivity index (χ0n) is 13.6. The predicted octanol–water partition coefficient (Wildman–Crippen LogP) is 4.57. The van der Waals surface area contributed by atoms with Gasteiger partial charge in [-0.1, -0.05) is 18.2 Å². The molecule has 0 radical (unpaired) electrons. The lowest BCUT2D eigenvalue weighted by Gasteiger charge is -2.29. The highest BCUT2D eigenvalue weighted by Gasteiger charge is 2.34. The van der Waals surface area contributed by atoms with E-state index >= 15 is 0 Å². The van der Waals surface area contributed by atoms with Crippen molar-refractivity contribution in [3.8, 4) is 11.5 Å². The summed E-state index contributed by atoms with van der Waals surface area (Å²) in [6, 6.07) is 9.98. The Morgan fingerprint density at radius 3 is 2.56 bits per heavy atom. The number of fused-ring (bicyclic) bond motifs is 2. The third-order valence-electron chi connectivity index (χ3n) is 4.79. The van der Waals surface area contributed by atoms with Crippen LogP contribution in [0.15, 0.2) is 36.4 Å². The van der Waals surface area contributed by atoms with E-state index in [4.69, 9.17) is 4.74 Å². The van der Waals surface area contributed by atoms with Gasteiger partial charge in [0.05, 0.1) is 5.56 Å². The van der Waals surface area contributed by atoms with Gasteiger partial charge in [0.2, 0.25) is 0 Å². The van der Waals surface area contributed by atoms with E-state index in [1.807, 2.05) is 18.2 Å². The van der Waals surface area contributed by atoms with Crippen LogP contribution in [-0.2, 0) is 12.6 Å². The van der Waals surface area contributed by atoms with E-state index in [0.29, 0.717) is 23.6 Å². The number of hydrogen-bond donors (Lipinski definition) is 2. The Morgan fingerprint density at radius 1 is 1.04 bits per heavy atom. The molecule has 3 nitrogen and oxygen atoms in total. The van der Waals surface area contributed by atoms with Gasteiger partial charge in [0.15, 0.2) is 0 Å². The standard InChI is InChI=1S/C19H19F3N2O/c20-19(21,22)13-10-16(24-14-5-7-23-8-6-14)15-9-12-3-1-2-4-17(12)25-18(15)11-13/h1-4,10-11,14,23-24H,5-9H2. The van der Waals surface area contributed by atoms with Crippen LogP contribution in [0.1, 0.15) is 29.5 Å². The third kappa shape index (κ3) is 3.31. The van der Waals surface area contributed by atoms with Gasteiger partial charge in [-0.2, -0.15) is 13.2 Å². The molecule has 0 aromatic heterocycles. The summed E-state index contributed by atoms with van der Waals surface area (Å²) >= 11 is 0. The fraction of sp³-hybridized carbons (Fsp3) is 0.368. The summed E-state index contributed by atoms with van der Waals surface area (Å²) in [5.74, 6) is 0.923. The van der Waals surface area contributed by atoms with Crippen molar-refractivity contribution in [2.45, 2.75) is 31.5 Å². The highest BCUT2D eigenvalue weighted by atomic mass is 19.4. The molecule has 0 amide bonds. The molecule has 2 heterocycles. The molecule has 2 aromatic carbocycles. The van der Waals surface area contributed by atoms with Gasteiger partial charge in [-0.25, -0.2) is 0 Å². The number of hydrogen-bond acceptors (Lipinski definition) is 3. The Hall–Kier alpha value is -2.21. The van der Waals surface area contributed by atoms with Gasteiger partial charge in [-0.05, 0) is 49.7 Å². The van der Waals surface area contributed by atoms with Crippen molar-refractivity contribution in [2.24, 2.45) is 0 Å². The second-order valence-electron chi connectivity index (χ2n) is 6.55. The third-order valence-corrected chi connectivity index (χ3v) is 4.79. The molecule has 0 aliphatic carbocycles. The first-order valence-corrected chi connectivity index (χ1v) is 8.48. The molecule has 0 unspecified atom stereocenters. The number of benzene rings is 2. The van der Waals surface area contributed by atoms with Crippen LogP contribution in [0.25, 0.3) is 0 Å². The van der Waals surface area contributed by atoms with Gasteiger partial charge in [-0.3, -0.25) is 0 Å². The molecule has 1 fully saturated rings. The van der Waals surface area contributed by atoms with Crippen molar-refractivity contribution in [1.29, 1.82) is 0 Å². The molecule has 1 saturated heterocycles. The molecule has 25 heavy (non-hydrogen) atoms. The number of nitrogens with one attached hydrogen (secondary N) is 2. The largest absolute Gasteiger partial charge is 0.457 e. The van der Waals surface area contributed by atoms with E-state index in [2.05, 4.69) is 10.6 Å². The van der Waals surface area contributed by atoms with Crippen LogP contribution in [0.5, 0.6) is 11.5 Å². The van der Waals surface area contributed by atoms with E-state index in [9.17, 15) is 13.2 Å². The second-order valence-corrected chi connectivity index (χ2v) is 6.55. The summed E-state index contributed by atoms with van der Waals surface area (Å²) in [5, 5.41) is 6.60. The lowest BCUT2D eigenvalue weighted by molar-refractivity contribution is -0.137. The molecule has 6 heteroatoms. The summed E-state index contributed by atoms with van der Waals surface area (Å²) in [6.45, 7) is 1.75. The number of piperidine rings is 1. The van der Waals surface area contributed by atoms with Crippen LogP contribution in [-0.4, -0.2) is 19.1 Å². The second kappa shape index (κ2) is 6.26. The van der Waals surface area contributed by atoms with Gasteiger partial charge in [0, 0.05) is 23.7 Å². The number of halogens is 3. The molecular weight excluding hydrogens is 329 g/mol. The normalized spacial score (nSPS) is 17.4. The minimum absolute atomic E-state index is 0.172. The number of anilines is 1. The highest BCUT2D eigenvalue weighted by molar-refractivity contribution is 5.65. The molecule has 0 bridgehead atoms. The predicted molar refractivity (Wildman–Crippen MR) is 90.3 cm³/mol. The molecular formula is C19H19F3N2O. The van der Waals surface area contributed by atoms with Crippen LogP contribution in [0.4, 0.5) is 18.9 Å². The van der Waals surface area contributed by atoms with E-state index in [1.165, 1.54) is 6.07 Å². The zero-order valence-corrected chi connectivity index (χ0v) is 13.6. The molecule has 0 saturated carbocycles. The maximum Gasteiger partial charge on any atom is 0.416 e. The summed E-state index contributed by atoms with van der Waals surface area (Å²) < 4.78 is 45.7. The van der Waals surface area contributed by atoms with Crippen molar-refractivity contribution in [1.82, 2.24) is 5.32 Å². The molecule has 2 aromatic rings. The maximum absolute atomic E-state index is 13.3. The summed E-state index contributed by atoms with van der Waals surface area (Å²) in [4.78, 5) is 0. The van der Waals surface area contributed by atoms with Gasteiger partial charge in [0.25, 0.3) is 0 Å². The number of para-hydroxylation sites is 1. The zero-order chi connectivity index (χ0) is 17.4. The first kappa shape index (κ1) is 16.3. The monoisotopic (exact) mass is 348 g/mol. The lowest BCUT2D eigenvalue weighted by atomic mass is 9.95. The number of rotatable bonds is 2. The average Bonchev–Trinajstić information content (AvgIpc) is 2.60. The van der Waals surface area contributed by atoms with Crippen LogP contribution in [0.3, 0.4) is 0 Å². The van der Waals surface area contributed by atoms with Crippen molar-refractivity contribution >= 4 is 5.69 Å². The average molecular weight is 348 g/mol. The van der Waals surface area contributed by atoms with E-state index in [1.54, 1.807) is 6.07 Å². The maximum atomic E-state index is 13.3. The Morgan fingerprint density at radius 2 is 1.80 bits per heavy atom. The van der Waals surface area contributed by atoms with Crippen molar-refractivity contribution in [3.63, 3.8) is 0 Å². The Bertz CT molecular complexity index is 783. The fourth-order valence-electron chi connectivity index (χ4n) is 3.46. The van der Waals surface area contributed by atoms with Gasteiger partial charge in [-0.15, -0.1) is 0 Å². The van der Waals surface area contributed by atoms with Gasteiger partial charge >= 0.3 is 6.18 Å². The number of alkyl halides is 3. The summed E-state index contributed by atoms with van der Waals surface area (Å²) in [7, 11) is 0. The van der Waals surface area contributed by atoms with Crippen LogP contribution < -0.4 is 15.4 Å². The molecule has 2 N–H and O–H groups in total. The minimum atomic E-state index is -4.40. The SMILES string of the molecule is FC(F)(F)c1cc(NC2CCNCC2)c2c(c1)Oc1ccccc1C2. The van der Waals surface area contributed by atoms with Gasteiger partial charge in [0.1, 0.15) is 11.5 Å². The van der Waals surface area contributed by atoms with E-state index in [0.717, 1.165) is 43.1 Å². The summed E-state index contributed by atoms with van der Waals surface area (Å²) in [5.41, 5.74) is 1.64. The Balaban J connectivity index is 1.74. The number of ether oxygens (including phenoxy) is 1. The highest BCUT2D eigenvalue weighted by Crippen LogP contribution is 2.44. The first-order valence-electron chi connectivity index (χ1n) is 8.48. The smallest absolute Gasteiger partial charge is 0.416 e. The Kier molecular flexibility index (Phi) is 4.07. The molecule has 0 spiro atoms. The fourth-order valence-corrected chi connectivity index (χ4v) is 3.46. The molecule has 4 rings (SSSR count). The molecule has 2 aliphatic rings. The molecule has 132 valence electrons. The van der Waals surface area contributed by atoms with Crippen LogP contribution in [0, 0.1) is 0 Å². The van der Waals surface area contributed by atoms with Gasteiger partial charge < -0.3 is 15.4 Å². The quantitative estimate of drug-likeness (QED) is 0.712. The van der Waals surface area contributed by atoms with Crippen LogP contribution in [0.2, 0.25) is 0 Å². The first-order chi connectivity index (χ1) is 12.0. The van der Waals surface area contributed by atoms with Crippen molar-refractivity contribution in [3.05, 3.63) is 53.1 Å². The Labute approximate surface area is 144 Å². The minimum Gasteiger partial charge on any atom is -0.457 e. The van der Waals surface area contributed by atoms with Crippen molar-refractivity contribution < 1.29 is 17.9 Å². The molecule has 2 aliphatic heterocycles. The lowest BCUT2D eigenvalue weighted by Crippen LogP contribution is -2.35. The van der Waals surface area contributed by atoms with Crippen LogP contribution >= 0.6 is 0 Å². The summed E-state index contributed by atoms with van der Waals surface area (Å²) in [6.07, 6.45) is -2.05. The van der Waals surface area contributed by atoms with Crippen molar-refractivity contribution in [2.75, 3.05) is 18.4 Å². The van der Waals surface area contributed by atoms with E-state index in [-0.39, 0.29) is 6.04 Å². The topological polar surface area (TPSA) is 33.3 Å². The molecule has 0 atom stereocenters.